The Labute approximate surface area is 179 Å². The Hall–Kier alpha value is -1.54. The van der Waals surface area contributed by atoms with Crippen LogP contribution in [0.25, 0.3) is 5.69 Å². The number of nitrogens with zero attached hydrogens (tertiary/aromatic N) is 3. The fraction of sp³-hybridized carbons (Fsp3) is 0.167. The van der Waals surface area contributed by atoms with Crippen LogP contribution in [0.4, 0.5) is 0 Å². The molecule has 0 aliphatic rings. The molecule has 0 saturated heterocycles. The second-order valence-electron chi connectivity index (χ2n) is 5.45. The number of hydrogen-bond acceptors (Lipinski definition) is 4. The van der Waals surface area contributed by atoms with Crippen LogP contribution in [0.5, 0.6) is 0 Å². The number of thioether (sulfide) groups is 1. The number of carbonyl (C=O) groups excluding carboxylic acids is 1. The highest BCUT2D eigenvalue weighted by Crippen LogP contribution is 2.24. The van der Waals surface area contributed by atoms with E-state index in [1.165, 1.54) is 6.07 Å². The third kappa shape index (κ3) is 4.85. The van der Waals surface area contributed by atoms with Crippen LogP contribution in [0.2, 0.25) is 10.0 Å². The molecule has 0 unspecified atom stereocenters. The lowest BCUT2D eigenvalue weighted by molar-refractivity contribution is 0.0950. The van der Waals surface area contributed by atoms with Crippen molar-refractivity contribution in [1.82, 2.24) is 20.1 Å². The second kappa shape index (κ2) is 9.10. The van der Waals surface area contributed by atoms with Crippen LogP contribution in [0.1, 0.15) is 23.1 Å². The number of rotatable bonds is 6. The van der Waals surface area contributed by atoms with Gasteiger partial charge in [0.05, 0.1) is 17.1 Å². The predicted octanol–water partition coefficient (Wildman–Crippen LogP) is 5.38. The van der Waals surface area contributed by atoms with E-state index in [2.05, 4.69) is 31.4 Å². The quantitative estimate of drug-likeness (QED) is 0.476. The third-order valence-corrected chi connectivity index (χ3v) is 5.54. The summed E-state index contributed by atoms with van der Waals surface area (Å²) < 4.78 is 2.91. The van der Waals surface area contributed by atoms with Crippen molar-refractivity contribution in [2.75, 3.05) is 5.75 Å². The standard InChI is InChI=1S/C18H15BrCl2N4OS/c1-2-27-18-24-23-16(25(18)13-6-3-11(19)4-7-13)10-22-17(26)14-9-12(20)5-8-15(14)21/h3-9H,2,10H2,1H3,(H,22,26). The van der Waals surface area contributed by atoms with E-state index in [1.54, 1.807) is 23.9 Å². The minimum absolute atomic E-state index is 0.203. The smallest absolute Gasteiger partial charge is 0.253 e. The van der Waals surface area contributed by atoms with Gasteiger partial charge in [0, 0.05) is 15.2 Å². The van der Waals surface area contributed by atoms with E-state index in [0.717, 1.165) is 21.1 Å². The first kappa shape index (κ1) is 20.2. The highest BCUT2D eigenvalue weighted by Gasteiger charge is 2.16. The fourth-order valence-electron chi connectivity index (χ4n) is 2.41. The second-order valence-corrected chi connectivity index (χ2v) is 8.44. The normalized spacial score (nSPS) is 10.8. The van der Waals surface area contributed by atoms with Gasteiger partial charge in [-0.25, -0.2) is 0 Å². The van der Waals surface area contributed by atoms with Crippen molar-refractivity contribution < 1.29 is 4.79 Å². The van der Waals surface area contributed by atoms with Crippen LogP contribution >= 0.6 is 50.9 Å². The van der Waals surface area contributed by atoms with Gasteiger partial charge in [-0.3, -0.25) is 9.36 Å². The lowest BCUT2D eigenvalue weighted by Gasteiger charge is -2.11. The monoisotopic (exact) mass is 484 g/mol. The van der Waals surface area contributed by atoms with Gasteiger partial charge in [-0.05, 0) is 48.2 Å². The van der Waals surface area contributed by atoms with Crippen molar-refractivity contribution in [3.8, 4) is 5.69 Å². The molecule has 1 heterocycles. The number of hydrogen-bond donors (Lipinski definition) is 1. The van der Waals surface area contributed by atoms with Crippen LogP contribution in [-0.2, 0) is 6.54 Å². The van der Waals surface area contributed by atoms with Gasteiger partial charge in [0.25, 0.3) is 5.91 Å². The Balaban J connectivity index is 1.85. The summed E-state index contributed by atoms with van der Waals surface area (Å²) in [5.41, 5.74) is 1.24. The maximum Gasteiger partial charge on any atom is 0.253 e. The number of aromatic nitrogens is 3. The lowest BCUT2D eigenvalue weighted by atomic mass is 10.2. The summed E-state index contributed by atoms with van der Waals surface area (Å²) in [6, 6.07) is 12.6. The van der Waals surface area contributed by atoms with Crippen molar-refractivity contribution in [3.05, 3.63) is 68.4 Å². The number of amides is 1. The van der Waals surface area contributed by atoms with E-state index in [4.69, 9.17) is 23.2 Å². The Morgan fingerprint density at radius 2 is 1.93 bits per heavy atom. The average molecular weight is 486 g/mol. The first-order valence-corrected chi connectivity index (χ1v) is 10.6. The Morgan fingerprint density at radius 1 is 1.19 bits per heavy atom. The van der Waals surface area contributed by atoms with Crippen LogP contribution in [0.15, 0.2) is 52.1 Å². The molecule has 9 heteroatoms. The fourth-order valence-corrected chi connectivity index (χ4v) is 3.75. The minimum Gasteiger partial charge on any atom is -0.345 e. The predicted molar refractivity (Wildman–Crippen MR) is 113 cm³/mol. The number of halogens is 3. The molecule has 140 valence electrons. The van der Waals surface area contributed by atoms with E-state index < -0.39 is 0 Å². The van der Waals surface area contributed by atoms with Crippen LogP contribution in [-0.4, -0.2) is 26.4 Å². The molecule has 0 spiro atoms. The molecule has 3 aromatic rings. The summed E-state index contributed by atoms with van der Waals surface area (Å²) in [5, 5.41) is 12.9. The summed E-state index contributed by atoms with van der Waals surface area (Å²) >= 11 is 17.1. The number of nitrogens with one attached hydrogen (secondary N) is 1. The van der Waals surface area contributed by atoms with E-state index in [0.29, 0.717) is 21.4 Å². The van der Waals surface area contributed by atoms with Gasteiger partial charge in [0.2, 0.25) is 0 Å². The zero-order chi connectivity index (χ0) is 19.4. The largest absolute Gasteiger partial charge is 0.345 e. The summed E-state index contributed by atoms with van der Waals surface area (Å²) in [7, 11) is 0. The Bertz CT molecular complexity index is 962. The SMILES string of the molecule is CCSc1nnc(CNC(=O)c2cc(Cl)ccc2Cl)n1-c1ccc(Br)cc1. The highest BCUT2D eigenvalue weighted by atomic mass is 79.9. The molecule has 1 N–H and O–H groups in total. The first-order valence-electron chi connectivity index (χ1n) is 8.06. The molecule has 0 atom stereocenters. The molecular formula is C18H15BrCl2N4OS. The zero-order valence-corrected chi connectivity index (χ0v) is 18.2. The zero-order valence-electron chi connectivity index (χ0n) is 14.2. The molecule has 5 nitrogen and oxygen atoms in total. The van der Waals surface area contributed by atoms with Crippen molar-refractivity contribution in [1.29, 1.82) is 0 Å². The van der Waals surface area contributed by atoms with Crippen molar-refractivity contribution >= 4 is 56.8 Å². The van der Waals surface area contributed by atoms with Crippen LogP contribution in [0, 0.1) is 0 Å². The summed E-state index contributed by atoms with van der Waals surface area (Å²) in [6.45, 7) is 2.25. The molecule has 0 aliphatic carbocycles. The van der Waals surface area contributed by atoms with Gasteiger partial charge < -0.3 is 5.32 Å². The molecule has 0 bridgehead atoms. The first-order chi connectivity index (χ1) is 13.0. The van der Waals surface area contributed by atoms with E-state index in [9.17, 15) is 4.79 Å². The summed E-state index contributed by atoms with van der Waals surface area (Å²) in [5.74, 6) is 1.16. The molecular weight excluding hydrogens is 471 g/mol. The van der Waals surface area contributed by atoms with Crippen molar-refractivity contribution in [2.24, 2.45) is 0 Å². The molecule has 1 aromatic heterocycles. The maximum absolute atomic E-state index is 12.5. The van der Waals surface area contributed by atoms with Gasteiger partial charge in [0.1, 0.15) is 0 Å². The Kier molecular flexibility index (Phi) is 6.81. The van der Waals surface area contributed by atoms with Crippen LogP contribution < -0.4 is 5.32 Å². The molecule has 0 aliphatic heterocycles. The van der Waals surface area contributed by atoms with Crippen molar-refractivity contribution in [3.63, 3.8) is 0 Å². The lowest BCUT2D eigenvalue weighted by Crippen LogP contribution is -2.25. The Morgan fingerprint density at radius 3 is 2.63 bits per heavy atom. The molecule has 3 rings (SSSR count). The van der Waals surface area contributed by atoms with E-state index >= 15 is 0 Å². The van der Waals surface area contributed by atoms with E-state index in [-0.39, 0.29) is 12.5 Å². The minimum atomic E-state index is -0.322. The molecule has 27 heavy (non-hydrogen) atoms. The topological polar surface area (TPSA) is 59.8 Å². The summed E-state index contributed by atoms with van der Waals surface area (Å²) in [6.07, 6.45) is 0. The van der Waals surface area contributed by atoms with Gasteiger partial charge >= 0.3 is 0 Å². The molecule has 0 saturated carbocycles. The van der Waals surface area contributed by atoms with Gasteiger partial charge in [-0.2, -0.15) is 0 Å². The number of benzene rings is 2. The molecule has 1 amide bonds. The van der Waals surface area contributed by atoms with Gasteiger partial charge in [-0.15, -0.1) is 10.2 Å². The van der Waals surface area contributed by atoms with Gasteiger partial charge in [0.15, 0.2) is 11.0 Å². The van der Waals surface area contributed by atoms with Gasteiger partial charge in [-0.1, -0.05) is 57.8 Å². The molecule has 0 fully saturated rings. The van der Waals surface area contributed by atoms with Crippen molar-refractivity contribution in [2.45, 2.75) is 18.6 Å². The average Bonchev–Trinajstić information content (AvgIpc) is 3.05. The summed E-state index contributed by atoms with van der Waals surface area (Å²) in [4.78, 5) is 12.5. The molecule has 0 radical (unpaired) electrons. The van der Waals surface area contributed by atoms with Crippen LogP contribution in [0.3, 0.4) is 0 Å². The highest BCUT2D eigenvalue weighted by molar-refractivity contribution is 9.10. The number of carbonyl (C=O) groups is 1. The third-order valence-electron chi connectivity index (χ3n) is 3.64. The van der Waals surface area contributed by atoms with E-state index in [1.807, 2.05) is 35.8 Å². The molecule has 2 aromatic carbocycles. The maximum atomic E-state index is 12.5.